The van der Waals surface area contributed by atoms with Crippen molar-refractivity contribution >= 4 is 46.3 Å². The number of carbonyl (C=O) groups excluding carboxylic acids is 1. The number of rotatable bonds is 6. The lowest BCUT2D eigenvalue weighted by Gasteiger charge is -2.06. The van der Waals surface area contributed by atoms with Gasteiger partial charge in [-0.25, -0.2) is 4.98 Å². The van der Waals surface area contributed by atoms with Gasteiger partial charge in [0.2, 0.25) is 5.91 Å². The molecule has 128 valence electrons. The van der Waals surface area contributed by atoms with Crippen LogP contribution >= 0.6 is 34.7 Å². The number of hydrogen-bond donors (Lipinski definition) is 1. The van der Waals surface area contributed by atoms with Crippen LogP contribution in [0.2, 0.25) is 5.02 Å². The largest absolute Gasteiger partial charge is 0.326 e. The van der Waals surface area contributed by atoms with E-state index in [4.69, 9.17) is 11.6 Å². The lowest BCUT2D eigenvalue weighted by molar-refractivity contribution is -0.115. The monoisotopic (exact) mass is 388 g/mol. The summed E-state index contributed by atoms with van der Waals surface area (Å²) in [4.78, 5) is 16.8. The smallest absolute Gasteiger partial charge is 0.230 e. The summed E-state index contributed by atoms with van der Waals surface area (Å²) in [6.07, 6.45) is 2.30. The molecule has 3 aromatic rings. The summed E-state index contributed by atoms with van der Waals surface area (Å²) in [5.41, 5.74) is 3.65. The first-order valence-electron chi connectivity index (χ1n) is 7.73. The van der Waals surface area contributed by atoms with Crippen LogP contribution in [0.5, 0.6) is 0 Å². The van der Waals surface area contributed by atoms with Crippen molar-refractivity contribution in [3.05, 3.63) is 70.2 Å². The molecular formula is C19H17ClN2OS2. The molecule has 0 aliphatic rings. The number of carbonyl (C=O) groups is 1. The molecule has 0 saturated carbocycles. The number of thioether (sulfide) groups is 1. The van der Waals surface area contributed by atoms with Crippen LogP contribution in [0.3, 0.4) is 0 Å². The third-order valence-corrected chi connectivity index (χ3v) is 5.40. The number of anilines is 1. The van der Waals surface area contributed by atoms with Crippen molar-refractivity contribution in [2.24, 2.45) is 0 Å². The molecule has 0 atom stereocenters. The molecule has 0 unspecified atom stereocenters. The Kier molecular flexibility index (Phi) is 6.13. The number of halogens is 1. The summed E-state index contributed by atoms with van der Waals surface area (Å²) < 4.78 is 0. The van der Waals surface area contributed by atoms with Crippen molar-refractivity contribution in [3.8, 4) is 10.6 Å². The molecule has 2 aromatic carbocycles. The fourth-order valence-corrected chi connectivity index (χ4v) is 4.07. The molecule has 1 heterocycles. The van der Waals surface area contributed by atoms with Gasteiger partial charge in [-0.1, -0.05) is 41.9 Å². The lowest BCUT2D eigenvalue weighted by atomic mass is 10.2. The van der Waals surface area contributed by atoms with E-state index in [0.717, 1.165) is 27.7 Å². The zero-order valence-electron chi connectivity index (χ0n) is 13.7. The van der Waals surface area contributed by atoms with E-state index in [1.54, 1.807) is 11.8 Å². The summed E-state index contributed by atoms with van der Waals surface area (Å²) in [5, 5.41) is 6.34. The molecular weight excluding hydrogens is 372 g/mol. The summed E-state index contributed by atoms with van der Waals surface area (Å²) in [6.45, 7) is 0. The Bertz CT molecular complexity index is 879. The second-order valence-corrected chi connectivity index (χ2v) is 7.61. The van der Waals surface area contributed by atoms with Crippen LogP contribution in [0.1, 0.15) is 11.3 Å². The van der Waals surface area contributed by atoms with E-state index in [2.05, 4.69) is 22.6 Å². The standard InChI is InChI=1S/C19H17ClN2OS2/c1-24-11-13-5-4-6-14(9-13)21-18(23)10-15-12-25-19(22-15)16-7-2-3-8-17(16)20/h2-9,12H,10-11H2,1H3,(H,21,23). The molecule has 0 saturated heterocycles. The van der Waals surface area contributed by atoms with Crippen LogP contribution < -0.4 is 5.32 Å². The highest BCUT2D eigenvalue weighted by Crippen LogP contribution is 2.30. The fraction of sp³-hybridized carbons (Fsp3) is 0.158. The van der Waals surface area contributed by atoms with Gasteiger partial charge in [0.25, 0.3) is 0 Å². The van der Waals surface area contributed by atoms with Gasteiger partial charge in [-0.3, -0.25) is 4.79 Å². The van der Waals surface area contributed by atoms with Gasteiger partial charge < -0.3 is 5.32 Å². The number of amides is 1. The zero-order chi connectivity index (χ0) is 17.6. The molecule has 3 nitrogen and oxygen atoms in total. The maximum Gasteiger partial charge on any atom is 0.230 e. The highest BCUT2D eigenvalue weighted by atomic mass is 35.5. The first-order valence-corrected chi connectivity index (χ1v) is 10.4. The van der Waals surface area contributed by atoms with Crippen LogP contribution in [0, 0.1) is 0 Å². The van der Waals surface area contributed by atoms with Gasteiger partial charge in [-0.2, -0.15) is 11.8 Å². The van der Waals surface area contributed by atoms with Gasteiger partial charge in [0, 0.05) is 22.4 Å². The van der Waals surface area contributed by atoms with E-state index >= 15 is 0 Å². The Balaban J connectivity index is 1.66. The summed E-state index contributed by atoms with van der Waals surface area (Å²) in [7, 11) is 0. The molecule has 1 N–H and O–H groups in total. The highest BCUT2D eigenvalue weighted by molar-refractivity contribution is 7.97. The van der Waals surface area contributed by atoms with Crippen LogP contribution in [0.4, 0.5) is 5.69 Å². The van der Waals surface area contributed by atoms with E-state index in [-0.39, 0.29) is 12.3 Å². The Hall–Kier alpha value is -1.82. The summed E-state index contributed by atoms with van der Waals surface area (Å²) in [5.74, 6) is 0.856. The Morgan fingerprint density at radius 2 is 2.08 bits per heavy atom. The van der Waals surface area contributed by atoms with Gasteiger partial charge in [0.1, 0.15) is 5.01 Å². The van der Waals surface area contributed by atoms with Crippen LogP contribution in [0.15, 0.2) is 53.9 Å². The van der Waals surface area contributed by atoms with E-state index in [0.29, 0.717) is 5.02 Å². The van der Waals surface area contributed by atoms with Gasteiger partial charge in [0.15, 0.2) is 0 Å². The molecule has 0 aliphatic carbocycles. The van der Waals surface area contributed by atoms with E-state index in [1.165, 1.54) is 16.9 Å². The minimum atomic E-state index is -0.0719. The molecule has 3 rings (SSSR count). The van der Waals surface area contributed by atoms with Crippen molar-refractivity contribution in [1.29, 1.82) is 0 Å². The molecule has 6 heteroatoms. The minimum absolute atomic E-state index is 0.0719. The van der Waals surface area contributed by atoms with Crippen molar-refractivity contribution in [2.45, 2.75) is 12.2 Å². The SMILES string of the molecule is CSCc1cccc(NC(=O)Cc2csc(-c3ccccc3Cl)n2)c1. The summed E-state index contributed by atoms with van der Waals surface area (Å²) in [6, 6.07) is 15.5. The number of nitrogens with zero attached hydrogens (tertiary/aromatic N) is 1. The number of benzene rings is 2. The highest BCUT2D eigenvalue weighted by Gasteiger charge is 2.11. The molecule has 0 bridgehead atoms. The van der Waals surface area contributed by atoms with Crippen LogP contribution in [0.25, 0.3) is 10.6 Å². The van der Waals surface area contributed by atoms with Gasteiger partial charge in [-0.15, -0.1) is 11.3 Å². The molecule has 0 fully saturated rings. The average Bonchev–Trinajstić information content (AvgIpc) is 3.04. The molecule has 1 amide bonds. The molecule has 1 aromatic heterocycles. The second kappa shape index (κ2) is 8.52. The Labute approximate surface area is 160 Å². The van der Waals surface area contributed by atoms with Crippen molar-refractivity contribution in [2.75, 3.05) is 11.6 Å². The van der Waals surface area contributed by atoms with E-state index in [1.807, 2.05) is 47.8 Å². The Morgan fingerprint density at radius 3 is 2.88 bits per heavy atom. The van der Waals surface area contributed by atoms with Crippen LogP contribution in [-0.4, -0.2) is 17.1 Å². The molecule has 25 heavy (non-hydrogen) atoms. The van der Waals surface area contributed by atoms with E-state index < -0.39 is 0 Å². The van der Waals surface area contributed by atoms with Crippen molar-refractivity contribution < 1.29 is 4.79 Å². The quantitative estimate of drug-likeness (QED) is 0.605. The lowest BCUT2D eigenvalue weighted by Crippen LogP contribution is -2.14. The topological polar surface area (TPSA) is 42.0 Å². The van der Waals surface area contributed by atoms with Gasteiger partial charge in [0.05, 0.1) is 17.1 Å². The predicted octanol–water partition coefficient (Wildman–Crippen LogP) is 5.51. The van der Waals surface area contributed by atoms with Crippen molar-refractivity contribution in [1.82, 2.24) is 4.98 Å². The average molecular weight is 389 g/mol. The number of hydrogen-bond acceptors (Lipinski definition) is 4. The zero-order valence-corrected chi connectivity index (χ0v) is 16.0. The third-order valence-electron chi connectivity index (χ3n) is 3.52. The molecule has 0 aliphatic heterocycles. The predicted molar refractivity (Wildman–Crippen MR) is 109 cm³/mol. The Morgan fingerprint density at radius 1 is 1.24 bits per heavy atom. The molecule has 0 radical (unpaired) electrons. The maximum absolute atomic E-state index is 12.3. The minimum Gasteiger partial charge on any atom is -0.326 e. The first kappa shape index (κ1) is 18.0. The van der Waals surface area contributed by atoms with Crippen LogP contribution in [-0.2, 0) is 17.0 Å². The fourth-order valence-electron chi connectivity index (χ4n) is 2.42. The normalized spacial score (nSPS) is 10.6. The third kappa shape index (κ3) is 4.84. The summed E-state index contributed by atoms with van der Waals surface area (Å²) >= 11 is 9.46. The van der Waals surface area contributed by atoms with Gasteiger partial charge in [-0.05, 0) is 30.0 Å². The first-order chi connectivity index (χ1) is 12.2. The second-order valence-electron chi connectivity index (χ2n) is 5.48. The maximum atomic E-state index is 12.3. The van der Waals surface area contributed by atoms with E-state index in [9.17, 15) is 4.79 Å². The van der Waals surface area contributed by atoms with Gasteiger partial charge >= 0.3 is 0 Å². The number of nitrogens with one attached hydrogen (secondary N) is 1. The number of aromatic nitrogens is 1. The number of thiazole rings is 1. The van der Waals surface area contributed by atoms with Crippen molar-refractivity contribution in [3.63, 3.8) is 0 Å². The molecule has 0 spiro atoms.